The third kappa shape index (κ3) is 10.3. The first-order chi connectivity index (χ1) is 18.9. The van der Waals surface area contributed by atoms with E-state index in [0.717, 1.165) is 16.5 Å². The van der Waals surface area contributed by atoms with E-state index in [-0.39, 0.29) is 24.7 Å². The Hall–Kier alpha value is -3.44. The second-order valence-electron chi connectivity index (χ2n) is 11.2. The van der Waals surface area contributed by atoms with Crippen LogP contribution in [0.4, 0.5) is 0 Å². The van der Waals surface area contributed by atoms with Gasteiger partial charge in [-0.15, -0.1) is 0 Å². The average molecular weight is 559 g/mol. The van der Waals surface area contributed by atoms with Gasteiger partial charge in [-0.25, -0.2) is 4.79 Å². The molecule has 0 aliphatic carbocycles. The Morgan fingerprint density at radius 2 is 1.45 bits per heavy atom. The minimum atomic E-state index is -1.20. The van der Waals surface area contributed by atoms with E-state index in [1.54, 1.807) is 6.20 Å². The fourth-order valence-corrected chi connectivity index (χ4v) is 4.62. The number of benzene rings is 1. The number of hydrogen-bond donors (Lipinski definition) is 7. The van der Waals surface area contributed by atoms with E-state index < -0.39 is 47.9 Å². The van der Waals surface area contributed by atoms with Crippen LogP contribution in [0.15, 0.2) is 30.5 Å². The highest BCUT2D eigenvalue weighted by atomic mass is 16.4. The topological polar surface area (TPSA) is 192 Å². The van der Waals surface area contributed by atoms with Crippen molar-refractivity contribution in [2.45, 2.75) is 90.4 Å². The first kappa shape index (κ1) is 32.8. The Morgan fingerprint density at radius 3 is 2.08 bits per heavy atom. The highest BCUT2D eigenvalue weighted by molar-refractivity contribution is 5.94. The van der Waals surface area contributed by atoms with Gasteiger partial charge in [0.2, 0.25) is 17.7 Å². The van der Waals surface area contributed by atoms with Gasteiger partial charge in [0, 0.05) is 23.5 Å². The molecule has 3 amide bonds. The van der Waals surface area contributed by atoms with Crippen molar-refractivity contribution >= 4 is 34.6 Å². The number of carbonyl (C=O) groups excluding carboxylic acids is 3. The molecule has 11 nitrogen and oxygen atoms in total. The van der Waals surface area contributed by atoms with E-state index in [9.17, 15) is 24.3 Å². The minimum absolute atomic E-state index is 0.0256. The summed E-state index contributed by atoms with van der Waals surface area (Å²) in [5, 5.41) is 18.9. The smallest absolute Gasteiger partial charge is 0.326 e. The number of rotatable bonds is 17. The highest BCUT2D eigenvalue weighted by Gasteiger charge is 2.31. The molecule has 0 saturated carbocycles. The third-order valence-corrected chi connectivity index (χ3v) is 6.70. The van der Waals surface area contributed by atoms with Crippen LogP contribution in [0.2, 0.25) is 0 Å². The number of aliphatic carboxylic acids is 1. The van der Waals surface area contributed by atoms with Gasteiger partial charge in [-0.2, -0.15) is 0 Å². The molecule has 222 valence electrons. The normalized spacial score (nSPS) is 14.5. The van der Waals surface area contributed by atoms with Crippen molar-refractivity contribution in [2.24, 2.45) is 23.3 Å². The summed E-state index contributed by atoms with van der Waals surface area (Å²) in [5.74, 6) is -2.51. The molecule has 1 aromatic carbocycles. The molecule has 40 heavy (non-hydrogen) atoms. The lowest BCUT2D eigenvalue weighted by Gasteiger charge is -2.26. The molecular formula is C29H46N6O5. The van der Waals surface area contributed by atoms with Crippen LogP contribution in [-0.4, -0.2) is 64.5 Å². The zero-order valence-electron chi connectivity index (χ0n) is 24.0. The maximum atomic E-state index is 13.3. The molecule has 1 aromatic heterocycles. The zero-order valence-corrected chi connectivity index (χ0v) is 24.0. The molecule has 2 aromatic rings. The number of nitrogens with two attached hydrogens (primary N) is 2. The summed E-state index contributed by atoms with van der Waals surface area (Å²) in [6.07, 6.45) is 4.15. The van der Waals surface area contributed by atoms with E-state index >= 15 is 0 Å². The molecule has 0 spiro atoms. The van der Waals surface area contributed by atoms with Gasteiger partial charge in [0.15, 0.2) is 0 Å². The molecule has 1 heterocycles. The highest BCUT2D eigenvalue weighted by Crippen LogP contribution is 2.19. The van der Waals surface area contributed by atoms with Gasteiger partial charge in [0.25, 0.3) is 0 Å². The Balaban J connectivity index is 2.17. The maximum absolute atomic E-state index is 13.3. The predicted molar refractivity (Wildman–Crippen MR) is 155 cm³/mol. The average Bonchev–Trinajstić information content (AvgIpc) is 3.29. The zero-order chi connectivity index (χ0) is 29.8. The van der Waals surface area contributed by atoms with Crippen LogP contribution in [0, 0.1) is 11.8 Å². The number of para-hydroxylation sites is 1. The van der Waals surface area contributed by atoms with Gasteiger partial charge < -0.3 is 37.5 Å². The summed E-state index contributed by atoms with van der Waals surface area (Å²) in [4.78, 5) is 54.6. The van der Waals surface area contributed by atoms with Crippen molar-refractivity contribution in [3.05, 3.63) is 36.0 Å². The molecule has 0 bridgehead atoms. The number of aromatic nitrogens is 1. The van der Waals surface area contributed by atoms with Gasteiger partial charge in [-0.3, -0.25) is 14.4 Å². The first-order valence-electron chi connectivity index (χ1n) is 14.1. The molecule has 2 rings (SSSR count). The van der Waals surface area contributed by atoms with Crippen LogP contribution in [-0.2, 0) is 25.6 Å². The second kappa shape index (κ2) is 16.0. The first-order valence-corrected chi connectivity index (χ1v) is 14.1. The van der Waals surface area contributed by atoms with E-state index in [1.165, 1.54) is 0 Å². The van der Waals surface area contributed by atoms with Crippen molar-refractivity contribution in [3.8, 4) is 0 Å². The molecule has 4 atom stereocenters. The Kier molecular flexibility index (Phi) is 13.1. The molecule has 0 fully saturated rings. The quantitative estimate of drug-likeness (QED) is 0.144. The number of unbranched alkanes of at least 4 members (excludes halogenated alkanes) is 1. The van der Waals surface area contributed by atoms with E-state index in [1.807, 2.05) is 52.0 Å². The Bertz CT molecular complexity index is 1130. The van der Waals surface area contributed by atoms with Gasteiger partial charge in [-0.05, 0) is 62.1 Å². The molecule has 0 aliphatic rings. The van der Waals surface area contributed by atoms with E-state index in [4.69, 9.17) is 11.5 Å². The number of hydrogen-bond acceptors (Lipinski definition) is 6. The van der Waals surface area contributed by atoms with Crippen LogP contribution in [0.1, 0.15) is 65.4 Å². The van der Waals surface area contributed by atoms with Crippen LogP contribution >= 0.6 is 0 Å². The van der Waals surface area contributed by atoms with E-state index in [0.29, 0.717) is 32.2 Å². The van der Waals surface area contributed by atoms with Gasteiger partial charge in [0.05, 0.1) is 6.04 Å². The van der Waals surface area contributed by atoms with Crippen LogP contribution in [0.5, 0.6) is 0 Å². The molecule has 0 aliphatic heterocycles. The standard InChI is InChI=1S/C29H46N6O5/c1-17(2)13-21(31)26(36)33-23(11-7-8-12-30)27(37)34-24(14-18(3)4)28(38)35-25(29(39)40)15-19-16-32-22-10-6-5-9-20(19)22/h5-6,9-10,16-18,21,23-25,32H,7-8,11-15,30-31H2,1-4H3,(H,33,36)(H,34,37)(H,35,38)(H,39,40). The van der Waals surface area contributed by atoms with Crippen molar-refractivity contribution in [1.82, 2.24) is 20.9 Å². The number of carboxylic acids is 1. The van der Waals surface area contributed by atoms with Gasteiger partial charge in [0.1, 0.15) is 18.1 Å². The van der Waals surface area contributed by atoms with Crippen LogP contribution in [0.25, 0.3) is 10.9 Å². The maximum Gasteiger partial charge on any atom is 0.326 e. The number of aromatic amines is 1. The number of amides is 3. The molecule has 0 radical (unpaired) electrons. The van der Waals surface area contributed by atoms with Crippen molar-refractivity contribution in [1.29, 1.82) is 0 Å². The molecule has 4 unspecified atom stereocenters. The monoisotopic (exact) mass is 558 g/mol. The van der Waals surface area contributed by atoms with Crippen molar-refractivity contribution in [2.75, 3.05) is 6.54 Å². The third-order valence-electron chi connectivity index (χ3n) is 6.70. The number of H-pyrrole nitrogens is 1. The minimum Gasteiger partial charge on any atom is -0.480 e. The van der Waals surface area contributed by atoms with Crippen LogP contribution in [0.3, 0.4) is 0 Å². The fourth-order valence-electron chi connectivity index (χ4n) is 4.62. The summed E-state index contributed by atoms with van der Waals surface area (Å²) in [6, 6.07) is 3.66. The number of carboxylic acid groups (broad SMARTS) is 1. The van der Waals surface area contributed by atoms with Crippen molar-refractivity contribution < 1.29 is 24.3 Å². The van der Waals surface area contributed by atoms with Gasteiger partial charge in [-0.1, -0.05) is 45.9 Å². The lowest BCUT2D eigenvalue weighted by Crippen LogP contribution is -2.57. The summed E-state index contributed by atoms with van der Waals surface area (Å²) in [6.45, 7) is 8.16. The number of carbonyl (C=O) groups is 4. The SMILES string of the molecule is CC(C)CC(N)C(=O)NC(CCCCN)C(=O)NC(CC(C)C)C(=O)NC(Cc1c[nH]c2ccccc12)C(=O)O. The summed E-state index contributed by atoms with van der Waals surface area (Å²) in [7, 11) is 0. The Labute approximate surface area is 236 Å². The summed E-state index contributed by atoms with van der Waals surface area (Å²) >= 11 is 0. The largest absolute Gasteiger partial charge is 0.480 e. The number of nitrogens with one attached hydrogen (secondary N) is 4. The number of fused-ring (bicyclic) bond motifs is 1. The second-order valence-corrected chi connectivity index (χ2v) is 11.2. The van der Waals surface area contributed by atoms with Crippen LogP contribution < -0.4 is 27.4 Å². The molecule has 11 heteroatoms. The Morgan fingerprint density at radius 1 is 0.850 bits per heavy atom. The molecule has 9 N–H and O–H groups in total. The van der Waals surface area contributed by atoms with Gasteiger partial charge >= 0.3 is 5.97 Å². The van der Waals surface area contributed by atoms with Crippen molar-refractivity contribution in [3.63, 3.8) is 0 Å². The van der Waals surface area contributed by atoms with E-state index in [2.05, 4.69) is 20.9 Å². The predicted octanol–water partition coefficient (Wildman–Crippen LogP) is 1.80. The molecule has 0 saturated heterocycles. The lowest BCUT2D eigenvalue weighted by atomic mass is 10.00. The lowest BCUT2D eigenvalue weighted by molar-refractivity contribution is -0.142. The summed E-state index contributed by atoms with van der Waals surface area (Å²) in [5.41, 5.74) is 13.3. The molecular weight excluding hydrogens is 512 g/mol. The summed E-state index contributed by atoms with van der Waals surface area (Å²) < 4.78 is 0. The fraction of sp³-hybridized carbons (Fsp3) is 0.586.